The van der Waals surface area contributed by atoms with E-state index in [4.69, 9.17) is 5.90 Å². The van der Waals surface area contributed by atoms with Crippen LogP contribution in [0.4, 0.5) is 0 Å². The third kappa shape index (κ3) is 2.17. The van der Waals surface area contributed by atoms with Crippen molar-refractivity contribution in [2.45, 2.75) is 6.42 Å². The molecule has 53 valence electrons. The molecule has 0 aliphatic heterocycles. The number of hydrogen-bond donors (Lipinski definition) is 0. The van der Waals surface area contributed by atoms with Gasteiger partial charge >= 0.3 is 0 Å². The van der Waals surface area contributed by atoms with Crippen LogP contribution in [-0.4, -0.2) is 6.61 Å². The summed E-state index contributed by atoms with van der Waals surface area (Å²) in [5.74, 6) is 6.45. The van der Waals surface area contributed by atoms with Gasteiger partial charge in [0.1, 0.15) is 0 Å². The van der Waals surface area contributed by atoms with E-state index < -0.39 is 0 Å². The van der Waals surface area contributed by atoms with Crippen LogP contribution in [0.1, 0.15) is 5.56 Å². The van der Waals surface area contributed by atoms with Gasteiger partial charge in [-0.3, -0.25) is 4.84 Å². The van der Waals surface area contributed by atoms with E-state index in [0.29, 0.717) is 6.61 Å². The van der Waals surface area contributed by atoms with Crippen LogP contribution >= 0.6 is 0 Å². The summed E-state index contributed by atoms with van der Waals surface area (Å²) in [6, 6.07) is 10.0. The Morgan fingerprint density at radius 2 is 1.90 bits per heavy atom. The highest BCUT2D eigenvalue weighted by molar-refractivity contribution is 5.14. The monoisotopic (exact) mass is 136 g/mol. The van der Waals surface area contributed by atoms with E-state index in [9.17, 15) is 0 Å². The summed E-state index contributed by atoms with van der Waals surface area (Å²) < 4.78 is 0. The Morgan fingerprint density at radius 3 is 2.50 bits per heavy atom. The first-order valence-corrected chi connectivity index (χ1v) is 3.26. The smallest absolute Gasteiger partial charge is 0.0739 e. The van der Waals surface area contributed by atoms with Gasteiger partial charge in [-0.05, 0) is 12.0 Å². The molecule has 1 aromatic carbocycles. The molecule has 0 fully saturated rings. The van der Waals surface area contributed by atoms with Crippen LogP contribution in [0, 0.1) is 0 Å². The van der Waals surface area contributed by atoms with Crippen LogP contribution < -0.4 is 5.90 Å². The molecule has 0 bridgehead atoms. The molecule has 1 N–H and O–H groups in total. The molecule has 1 aromatic rings. The number of benzene rings is 1. The Kier molecular flexibility index (Phi) is 2.93. The quantitative estimate of drug-likeness (QED) is 0.579. The average molecular weight is 136 g/mol. The zero-order valence-corrected chi connectivity index (χ0v) is 5.71. The molecule has 0 unspecified atom stereocenters. The molecular weight excluding hydrogens is 126 g/mol. The Morgan fingerprint density at radius 1 is 1.20 bits per heavy atom. The summed E-state index contributed by atoms with van der Waals surface area (Å²) in [6.07, 6.45) is 0.824. The Balaban J connectivity index is 2.43. The van der Waals surface area contributed by atoms with Gasteiger partial charge in [-0.1, -0.05) is 30.3 Å². The van der Waals surface area contributed by atoms with E-state index >= 15 is 0 Å². The first kappa shape index (κ1) is 7.25. The summed E-state index contributed by atoms with van der Waals surface area (Å²) in [5, 5.41) is 0. The van der Waals surface area contributed by atoms with Crippen molar-refractivity contribution >= 4 is 0 Å². The molecule has 0 aliphatic carbocycles. The lowest BCUT2D eigenvalue weighted by Crippen LogP contribution is -1.94. The fourth-order valence-electron chi connectivity index (χ4n) is 0.814. The SMILES string of the molecule is [NH]OCCc1ccccc1. The molecular formula is C8H10NO. The maximum absolute atomic E-state index is 6.45. The molecule has 1 rings (SSSR count). The van der Waals surface area contributed by atoms with E-state index in [0.717, 1.165) is 6.42 Å². The minimum Gasteiger partial charge on any atom is -0.285 e. The van der Waals surface area contributed by atoms with Crippen LogP contribution in [0.25, 0.3) is 0 Å². The molecule has 0 atom stereocenters. The minimum absolute atomic E-state index is 0.476. The topological polar surface area (TPSA) is 33.0 Å². The van der Waals surface area contributed by atoms with Crippen LogP contribution in [0.15, 0.2) is 30.3 Å². The van der Waals surface area contributed by atoms with E-state index in [1.165, 1.54) is 5.56 Å². The van der Waals surface area contributed by atoms with Crippen molar-refractivity contribution in [2.75, 3.05) is 6.61 Å². The van der Waals surface area contributed by atoms with Crippen molar-refractivity contribution in [3.8, 4) is 0 Å². The largest absolute Gasteiger partial charge is 0.285 e. The second-order valence-corrected chi connectivity index (χ2v) is 2.08. The molecule has 0 aliphatic rings. The van der Waals surface area contributed by atoms with Gasteiger partial charge in [-0.25, -0.2) is 0 Å². The normalized spacial score (nSPS) is 9.70. The third-order valence-corrected chi connectivity index (χ3v) is 1.34. The predicted octanol–water partition coefficient (Wildman–Crippen LogP) is 1.44. The van der Waals surface area contributed by atoms with Gasteiger partial charge < -0.3 is 0 Å². The van der Waals surface area contributed by atoms with Gasteiger partial charge in [-0.15, -0.1) is 5.90 Å². The minimum atomic E-state index is 0.476. The highest BCUT2D eigenvalue weighted by Gasteiger charge is 1.88. The van der Waals surface area contributed by atoms with Crippen LogP contribution in [0.3, 0.4) is 0 Å². The van der Waals surface area contributed by atoms with Crippen molar-refractivity contribution in [3.63, 3.8) is 0 Å². The molecule has 2 nitrogen and oxygen atoms in total. The van der Waals surface area contributed by atoms with Crippen molar-refractivity contribution in [3.05, 3.63) is 35.9 Å². The average Bonchev–Trinajstić information content (AvgIpc) is 2.03. The summed E-state index contributed by atoms with van der Waals surface area (Å²) >= 11 is 0. The molecule has 0 aromatic heterocycles. The first-order chi connectivity index (χ1) is 4.93. The lowest BCUT2D eigenvalue weighted by atomic mass is 10.2. The van der Waals surface area contributed by atoms with E-state index in [1.54, 1.807) is 0 Å². The lowest BCUT2D eigenvalue weighted by Gasteiger charge is -1.96. The van der Waals surface area contributed by atoms with Gasteiger partial charge in [0.15, 0.2) is 0 Å². The molecule has 10 heavy (non-hydrogen) atoms. The fourth-order valence-corrected chi connectivity index (χ4v) is 0.814. The second-order valence-electron chi connectivity index (χ2n) is 2.08. The zero-order chi connectivity index (χ0) is 7.23. The molecule has 0 amide bonds. The summed E-state index contributed by atoms with van der Waals surface area (Å²) in [6.45, 7) is 0.476. The molecule has 1 radical (unpaired) electrons. The van der Waals surface area contributed by atoms with Gasteiger partial charge in [0.25, 0.3) is 0 Å². The van der Waals surface area contributed by atoms with Crippen molar-refractivity contribution in [2.24, 2.45) is 0 Å². The molecule has 0 saturated heterocycles. The number of nitrogens with one attached hydrogen (secondary N) is 1. The van der Waals surface area contributed by atoms with Crippen LogP contribution in [-0.2, 0) is 11.3 Å². The fraction of sp³-hybridized carbons (Fsp3) is 0.250. The molecule has 2 heteroatoms. The maximum Gasteiger partial charge on any atom is 0.0739 e. The molecule has 0 saturated carbocycles. The first-order valence-electron chi connectivity index (χ1n) is 3.26. The predicted molar refractivity (Wildman–Crippen MR) is 39.2 cm³/mol. The number of hydrogen-bond acceptors (Lipinski definition) is 1. The second kappa shape index (κ2) is 4.04. The van der Waals surface area contributed by atoms with Gasteiger partial charge in [0, 0.05) is 0 Å². The van der Waals surface area contributed by atoms with Gasteiger partial charge in [-0.2, -0.15) is 0 Å². The summed E-state index contributed by atoms with van der Waals surface area (Å²) in [7, 11) is 0. The maximum atomic E-state index is 6.45. The third-order valence-electron chi connectivity index (χ3n) is 1.34. The number of rotatable bonds is 3. The van der Waals surface area contributed by atoms with Gasteiger partial charge in [0.05, 0.1) is 6.61 Å². The summed E-state index contributed by atoms with van der Waals surface area (Å²) in [4.78, 5) is 4.20. The lowest BCUT2D eigenvalue weighted by molar-refractivity contribution is 0.121. The highest BCUT2D eigenvalue weighted by Crippen LogP contribution is 1.98. The zero-order valence-electron chi connectivity index (χ0n) is 5.71. The van der Waals surface area contributed by atoms with Crippen LogP contribution in [0.2, 0.25) is 0 Å². The Hall–Kier alpha value is -0.860. The molecule has 0 heterocycles. The van der Waals surface area contributed by atoms with Crippen molar-refractivity contribution in [1.82, 2.24) is 5.90 Å². The van der Waals surface area contributed by atoms with Crippen molar-refractivity contribution < 1.29 is 4.84 Å². The summed E-state index contributed by atoms with van der Waals surface area (Å²) in [5.41, 5.74) is 1.22. The van der Waals surface area contributed by atoms with E-state index in [2.05, 4.69) is 4.84 Å². The molecule has 0 spiro atoms. The highest BCUT2D eigenvalue weighted by atomic mass is 16.6. The van der Waals surface area contributed by atoms with E-state index in [-0.39, 0.29) is 0 Å². The standard InChI is InChI=1S/C8H10NO/c9-10-7-6-8-4-2-1-3-5-8/h1-5,9H,6-7H2. The Labute approximate surface area is 60.6 Å². The van der Waals surface area contributed by atoms with E-state index in [1.807, 2.05) is 30.3 Å². The van der Waals surface area contributed by atoms with Gasteiger partial charge in [0.2, 0.25) is 0 Å². The Bertz CT molecular complexity index is 174. The van der Waals surface area contributed by atoms with Crippen LogP contribution in [0.5, 0.6) is 0 Å². The van der Waals surface area contributed by atoms with Crippen molar-refractivity contribution in [1.29, 1.82) is 0 Å².